The molecule has 0 aliphatic carbocycles. The molecule has 0 aliphatic heterocycles. The fourth-order valence-electron chi connectivity index (χ4n) is 1.64. The van der Waals surface area contributed by atoms with Crippen molar-refractivity contribution in [3.63, 3.8) is 0 Å². The second kappa shape index (κ2) is 5.18. The number of aliphatic hydroxyl groups excluding tert-OH is 1. The summed E-state index contributed by atoms with van der Waals surface area (Å²) in [5.74, 6) is -0.355. The summed E-state index contributed by atoms with van der Waals surface area (Å²) in [6.07, 6.45) is 0.642. The third kappa shape index (κ3) is 2.65. The maximum Gasteiger partial charge on any atom is 0.123 e. The van der Waals surface area contributed by atoms with Crippen LogP contribution < -0.4 is 0 Å². The minimum Gasteiger partial charge on any atom is -0.396 e. The Labute approximate surface area is 97.4 Å². The van der Waals surface area contributed by atoms with Crippen LogP contribution in [0.3, 0.4) is 0 Å². The molecule has 1 heterocycles. The summed E-state index contributed by atoms with van der Waals surface area (Å²) in [5.41, 5.74) is 3.51. The number of rotatable bonds is 4. The van der Waals surface area contributed by atoms with E-state index in [4.69, 9.17) is 0 Å². The summed E-state index contributed by atoms with van der Waals surface area (Å²) >= 11 is 1.52. The lowest BCUT2D eigenvalue weighted by atomic mass is 9.95. The summed E-state index contributed by atoms with van der Waals surface area (Å²) in [7, 11) is 0. The van der Waals surface area contributed by atoms with E-state index >= 15 is 0 Å². The Morgan fingerprint density at radius 2 is 2.31 bits per heavy atom. The summed E-state index contributed by atoms with van der Waals surface area (Å²) in [6, 6.07) is 6.36. The van der Waals surface area contributed by atoms with E-state index in [2.05, 4.69) is 4.98 Å². The molecule has 2 rings (SSSR count). The van der Waals surface area contributed by atoms with Gasteiger partial charge in [-0.05, 0) is 24.1 Å². The van der Waals surface area contributed by atoms with Crippen LogP contribution in [0.5, 0.6) is 0 Å². The third-order valence-corrected chi connectivity index (χ3v) is 3.11. The standard InChI is InChI=1S/C12H12FNOS/c13-11-3-1-2-9(4-11)10(6-15)5-12-7-16-8-14-12/h1-4,7-8,10,15H,5-6H2. The van der Waals surface area contributed by atoms with Crippen molar-refractivity contribution in [3.8, 4) is 0 Å². The van der Waals surface area contributed by atoms with Crippen molar-refractivity contribution in [1.82, 2.24) is 4.98 Å². The highest BCUT2D eigenvalue weighted by Crippen LogP contribution is 2.21. The quantitative estimate of drug-likeness (QED) is 0.886. The number of thiazole rings is 1. The molecule has 84 valence electrons. The molecule has 1 unspecified atom stereocenters. The van der Waals surface area contributed by atoms with Gasteiger partial charge < -0.3 is 5.11 Å². The van der Waals surface area contributed by atoms with Crippen LogP contribution in [0.25, 0.3) is 0 Å². The monoisotopic (exact) mass is 237 g/mol. The van der Waals surface area contributed by atoms with Crippen LogP contribution in [0.1, 0.15) is 17.2 Å². The molecular weight excluding hydrogens is 225 g/mol. The van der Waals surface area contributed by atoms with Crippen LogP contribution in [-0.2, 0) is 6.42 Å². The maximum absolute atomic E-state index is 13.0. The number of hydrogen-bond donors (Lipinski definition) is 1. The number of hydrogen-bond acceptors (Lipinski definition) is 3. The molecule has 1 N–H and O–H groups in total. The van der Waals surface area contributed by atoms with Crippen molar-refractivity contribution in [2.24, 2.45) is 0 Å². The molecule has 1 aromatic carbocycles. The van der Waals surface area contributed by atoms with Crippen LogP contribution in [-0.4, -0.2) is 16.7 Å². The minimum atomic E-state index is -0.269. The second-order valence-electron chi connectivity index (χ2n) is 3.62. The van der Waals surface area contributed by atoms with Gasteiger partial charge in [0.15, 0.2) is 0 Å². The van der Waals surface area contributed by atoms with E-state index in [0.717, 1.165) is 11.3 Å². The topological polar surface area (TPSA) is 33.1 Å². The first-order valence-electron chi connectivity index (χ1n) is 5.03. The molecule has 0 aliphatic rings. The average molecular weight is 237 g/mol. The van der Waals surface area contributed by atoms with E-state index < -0.39 is 0 Å². The van der Waals surface area contributed by atoms with E-state index in [1.165, 1.54) is 23.5 Å². The normalized spacial score (nSPS) is 12.6. The van der Waals surface area contributed by atoms with Gasteiger partial charge in [0.2, 0.25) is 0 Å². The maximum atomic E-state index is 13.0. The van der Waals surface area contributed by atoms with E-state index in [-0.39, 0.29) is 18.3 Å². The zero-order valence-electron chi connectivity index (χ0n) is 8.64. The van der Waals surface area contributed by atoms with Gasteiger partial charge in [0.25, 0.3) is 0 Å². The molecular formula is C12H12FNOS. The lowest BCUT2D eigenvalue weighted by molar-refractivity contribution is 0.263. The Balaban J connectivity index is 2.16. The highest BCUT2D eigenvalue weighted by atomic mass is 32.1. The number of aromatic nitrogens is 1. The first-order valence-corrected chi connectivity index (χ1v) is 5.97. The molecule has 0 fully saturated rings. The average Bonchev–Trinajstić information content (AvgIpc) is 2.78. The molecule has 2 aromatic rings. The molecule has 0 saturated heterocycles. The van der Waals surface area contributed by atoms with E-state index in [1.807, 2.05) is 11.4 Å². The molecule has 1 aromatic heterocycles. The van der Waals surface area contributed by atoms with Crippen LogP contribution in [0.2, 0.25) is 0 Å². The largest absolute Gasteiger partial charge is 0.396 e. The van der Waals surface area contributed by atoms with Gasteiger partial charge in [-0.2, -0.15) is 0 Å². The van der Waals surface area contributed by atoms with Gasteiger partial charge >= 0.3 is 0 Å². The lowest BCUT2D eigenvalue weighted by Gasteiger charge is -2.13. The highest BCUT2D eigenvalue weighted by Gasteiger charge is 2.12. The summed E-state index contributed by atoms with van der Waals surface area (Å²) < 4.78 is 13.0. The van der Waals surface area contributed by atoms with Gasteiger partial charge in [-0.15, -0.1) is 11.3 Å². The molecule has 0 spiro atoms. The summed E-state index contributed by atoms with van der Waals surface area (Å²) in [6.45, 7) is 0.000972. The van der Waals surface area contributed by atoms with Gasteiger partial charge in [-0.3, -0.25) is 0 Å². The fourth-order valence-corrected chi connectivity index (χ4v) is 2.21. The zero-order valence-corrected chi connectivity index (χ0v) is 9.45. The summed E-state index contributed by atoms with van der Waals surface area (Å²) in [5, 5.41) is 11.3. The second-order valence-corrected chi connectivity index (χ2v) is 4.34. The predicted octanol–water partition coefficient (Wildman–Crippen LogP) is 2.60. The van der Waals surface area contributed by atoms with Crippen LogP contribution in [0.4, 0.5) is 4.39 Å². The van der Waals surface area contributed by atoms with Gasteiger partial charge in [0, 0.05) is 11.3 Å². The van der Waals surface area contributed by atoms with E-state index in [9.17, 15) is 9.50 Å². The van der Waals surface area contributed by atoms with Gasteiger partial charge in [0.05, 0.1) is 17.8 Å². The minimum absolute atomic E-state index is 0.000972. The molecule has 0 radical (unpaired) electrons. The van der Waals surface area contributed by atoms with Crippen molar-refractivity contribution < 1.29 is 9.50 Å². The van der Waals surface area contributed by atoms with Gasteiger partial charge in [0.1, 0.15) is 5.82 Å². The highest BCUT2D eigenvalue weighted by molar-refractivity contribution is 7.07. The Kier molecular flexibility index (Phi) is 3.64. The van der Waals surface area contributed by atoms with E-state index in [0.29, 0.717) is 6.42 Å². The molecule has 16 heavy (non-hydrogen) atoms. The number of halogens is 1. The molecule has 4 heteroatoms. The molecule has 2 nitrogen and oxygen atoms in total. The Hall–Kier alpha value is -1.26. The number of benzene rings is 1. The van der Waals surface area contributed by atoms with Crippen LogP contribution in [0.15, 0.2) is 35.2 Å². The molecule has 0 bridgehead atoms. The Bertz CT molecular complexity index is 444. The third-order valence-electron chi connectivity index (χ3n) is 2.48. The predicted molar refractivity (Wildman–Crippen MR) is 62.0 cm³/mol. The molecule has 0 saturated carbocycles. The van der Waals surface area contributed by atoms with Crippen molar-refractivity contribution in [2.75, 3.05) is 6.61 Å². The SMILES string of the molecule is OCC(Cc1cscn1)c1cccc(F)c1. The summed E-state index contributed by atoms with van der Waals surface area (Å²) in [4.78, 5) is 4.17. The Morgan fingerprint density at radius 3 is 2.94 bits per heavy atom. The van der Waals surface area contributed by atoms with Crippen molar-refractivity contribution in [3.05, 3.63) is 52.2 Å². The van der Waals surface area contributed by atoms with Crippen molar-refractivity contribution in [2.45, 2.75) is 12.3 Å². The smallest absolute Gasteiger partial charge is 0.123 e. The van der Waals surface area contributed by atoms with Gasteiger partial charge in [-0.1, -0.05) is 12.1 Å². The van der Waals surface area contributed by atoms with Crippen molar-refractivity contribution in [1.29, 1.82) is 0 Å². The lowest BCUT2D eigenvalue weighted by Crippen LogP contribution is -2.08. The Morgan fingerprint density at radius 1 is 1.44 bits per heavy atom. The first-order chi connectivity index (χ1) is 7.79. The molecule has 1 atom stereocenters. The van der Waals surface area contributed by atoms with Crippen LogP contribution >= 0.6 is 11.3 Å². The van der Waals surface area contributed by atoms with E-state index in [1.54, 1.807) is 11.6 Å². The molecule has 0 amide bonds. The first kappa shape index (κ1) is 11.2. The van der Waals surface area contributed by atoms with Crippen LogP contribution in [0, 0.1) is 5.82 Å². The fraction of sp³-hybridized carbons (Fsp3) is 0.250. The zero-order chi connectivity index (χ0) is 11.4. The number of aliphatic hydroxyl groups is 1. The van der Waals surface area contributed by atoms with Gasteiger partial charge in [-0.25, -0.2) is 9.37 Å². The van der Waals surface area contributed by atoms with Crippen molar-refractivity contribution >= 4 is 11.3 Å². The number of nitrogens with zero attached hydrogens (tertiary/aromatic N) is 1.